The summed E-state index contributed by atoms with van der Waals surface area (Å²) in [5, 5.41) is 15.1. The van der Waals surface area contributed by atoms with Crippen molar-refractivity contribution in [1.82, 2.24) is 20.4 Å². The molecule has 0 N–H and O–H groups in total. The number of aromatic nitrogens is 4. The summed E-state index contributed by atoms with van der Waals surface area (Å²) in [7, 11) is -10.8. The van der Waals surface area contributed by atoms with Crippen molar-refractivity contribution >= 4 is 36.3 Å². The van der Waals surface area contributed by atoms with Crippen LogP contribution in [0.2, 0.25) is 36.3 Å². The molecule has 2 aromatic rings. The van der Waals surface area contributed by atoms with Gasteiger partial charge >= 0.3 is 0 Å². The van der Waals surface area contributed by atoms with Gasteiger partial charge in [-0.1, -0.05) is 41.5 Å². The van der Waals surface area contributed by atoms with Gasteiger partial charge in [-0.05, 0) is 88.2 Å². The summed E-state index contributed by atoms with van der Waals surface area (Å²) in [5.41, 5.74) is 2.74. The maximum atomic E-state index is 12.0. The van der Waals surface area contributed by atoms with Gasteiger partial charge in [-0.25, -0.2) is 16.8 Å². The second-order valence-corrected chi connectivity index (χ2v) is 29.2. The van der Waals surface area contributed by atoms with E-state index in [9.17, 15) is 16.8 Å². The van der Waals surface area contributed by atoms with Crippen LogP contribution in [0.25, 0.3) is 0 Å². The van der Waals surface area contributed by atoms with Gasteiger partial charge < -0.3 is 8.85 Å². The van der Waals surface area contributed by atoms with Gasteiger partial charge in [0.1, 0.15) is 12.2 Å². The smallest absolute Gasteiger partial charge is 0.193 e. The van der Waals surface area contributed by atoms with Crippen molar-refractivity contribution in [3.8, 4) is 0 Å². The third-order valence-electron chi connectivity index (χ3n) is 8.88. The third kappa shape index (κ3) is 11.3. The number of rotatable bonds is 10. The highest BCUT2D eigenvalue weighted by Gasteiger charge is 2.44. The van der Waals surface area contributed by atoms with E-state index in [0.717, 1.165) is 11.4 Å². The SMILES string of the molecule is Cc1ccc([C@@H](O[Si](C)(C)C(C)(C)C)[C@H](C)S(C)(=O)=O)nn1.Cc1ccc([C@@H](O[Si](C)(C)C(C)(C)C)[C@H](C)S(C)(=O)=O)nn1. The summed E-state index contributed by atoms with van der Waals surface area (Å²) in [6.45, 7) is 28.2. The van der Waals surface area contributed by atoms with Crippen LogP contribution in [0.1, 0.15) is 90.4 Å². The van der Waals surface area contributed by atoms with Gasteiger partial charge in [0.2, 0.25) is 0 Å². The lowest BCUT2D eigenvalue weighted by Gasteiger charge is -2.40. The summed E-state index contributed by atoms with van der Waals surface area (Å²) < 4.78 is 60.9. The van der Waals surface area contributed by atoms with Crippen molar-refractivity contribution in [3.63, 3.8) is 0 Å². The molecule has 0 fully saturated rings. The van der Waals surface area contributed by atoms with Gasteiger partial charge in [0.05, 0.1) is 33.3 Å². The molecule has 2 heterocycles. The number of nitrogens with zero attached hydrogens (tertiary/aromatic N) is 4. The predicted molar refractivity (Wildman–Crippen MR) is 184 cm³/mol. The number of sulfone groups is 2. The monoisotopic (exact) mass is 688 g/mol. The first-order chi connectivity index (χ1) is 19.5. The van der Waals surface area contributed by atoms with E-state index < -0.39 is 59.0 Å². The van der Waals surface area contributed by atoms with Crippen LogP contribution in [0.5, 0.6) is 0 Å². The number of hydrogen-bond donors (Lipinski definition) is 0. The van der Waals surface area contributed by atoms with Crippen molar-refractivity contribution in [1.29, 1.82) is 0 Å². The molecular weight excluding hydrogens is 633 g/mol. The second kappa shape index (κ2) is 14.5. The topological polar surface area (TPSA) is 138 Å². The average molecular weight is 689 g/mol. The molecular formula is C30H56N4O6S2Si2. The molecule has 0 saturated heterocycles. The maximum Gasteiger partial charge on any atom is 0.193 e. The van der Waals surface area contributed by atoms with Crippen LogP contribution in [0.15, 0.2) is 24.3 Å². The van der Waals surface area contributed by atoms with Crippen LogP contribution in [-0.2, 0) is 28.5 Å². The molecule has 252 valence electrons. The van der Waals surface area contributed by atoms with E-state index >= 15 is 0 Å². The quantitative estimate of drug-likeness (QED) is 0.252. The molecule has 2 aromatic heterocycles. The minimum absolute atomic E-state index is 0.0133. The highest BCUT2D eigenvalue weighted by Crippen LogP contribution is 2.42. The van der Waals surface area contributed by atoms with Crippen molar-refractivity contribution in [3.05, 3.63) is 47.0 Å². The standard InChI is InChI=1S/2C15H28N2O3SSi/c2*1-11-9-10-13(17-16-11)14(12(2)21(6,18)19)20-22(7,8)15(3,4)5/h2*9-10,12,14H,1-8H3/t2*12-,14-/m00/s1. The van der Waals surface area contributed by atoms with Gasteiger partial charge in [0.25, 0.3) is 0 Å². The molecule has 0 aliphatic carbocycles. The Bertz CT molecular complexity index is 1320. The molecule has 0 amide bonds. The zero-order valence-corrected chi connectivity index (χ0v) is 33.3. The summed E-state index contributed by atoms with van der Waals surface area (Å²) in [6, 6.07) is 7.28. The first-order valence-corrected chi connectivity index (χ1v) is 24.6. The van der Waals surface area contributed by atoms with E-state index in [-0.39, 0.29) is 10.1 Å². The van der Waals surface area contributed by atoms with Crippen LogP contribution >= 0.6 is 0 Å². The van der Waals surface area contributed by atoms with Gasteiger partial charge in [0, 0.05) is 12.5 Å². The van der Waals surface area contributed by atoms with Crippen LogP contribution in [0.3, 0.4) is 0 Å². The summed E-state index contributed by atoms with van der Waals surface area (Å²) in [5.74, 6) is 0. The number of aryl methyl sites for hydroxylation is 2. The zero-order valence-electron chi connectivity index (χ0n) is 29.7. The lowest BCUT2D eigenvalue weighted by molar-refractivity contribution is 0.176. The minimum atomic E-state index is -3.25. The fraction of sp³-hybridized carbons (Fsp3) is 0.733. The zero-order chi connectivity index (χ0) is 34.7. The summed E-state index contributed by atoms with van der Waals surface area (Å²) in [4.78, 5) is 0. The van der Waals surface area contributed by atoms with E-state index in [1.807, 2.05) is 38.1 Å². The molecule has 0 aromatic carbocycles. The molecule has 0 saturated carbocycles. The molecule has 0 aliphatic heterocycles. The predicted octanol–water partition coefficient (Wildman–Crippen LogP) is 6.56. The van der Waals surface area contributed by atoms with Crippen LogP contribution in [-0.4, -0.2) is 76.9 Å². The van der Waals surface area contributed by atoms with Crippen LogP contribution in [0.4, 0.5) is 0 Å². The molecule has 0 radical (unpaired) electrons. The Labute approximate surface area is 269 Å². The lowest BCUT2D eigenvalue weighted by Crippen LogP contribution is -2.44. The molecule has 14 heteroatoms. The molecule has 4 atom stereocenters. The van der Waals surface area contributed by atoms with Gasteiger partial charge in [-0.15, -0.1) is 0 Å². The van der Waals surface area contributed by atoms with Gasteiger partial charge in [-0.2, -0.15) is 20.4 Å². The third-order valence-corrected chi connectivity index (χ3v) is 21.0. The first-order valence-electron chi connectivity index (χ1n) is 14.8. The fourth-order valence-corrected chi connectivity index (χ4v) is 7.46. The van der Waals surface area contributed by atoms with E-state index in [4.69, 9.17) is 8.85 Å². The van der Waals surface area contributed by atoms with E-state index in [0.29, 0.717) is 11.4 Å². The highest BCUT2D eigenvalue weighted by molar-refractivity contribution is 7.91. The lowest BCUT2D eigenvalue weighted by atomic mass is 10.2. The average Bonchev–Trinajstić information content (AvgIpc) is 2.84. The largest absolute Gasteiger partial charge is 0.407 e. The maximum absolute atomic E-state index is 12.0. The van der Waals surface area contributed by atoms with E-state index in [1.54, 1.807) is 13.8 Å². The Morgan fingerprint density at radius 1 is 0.591 bits per heavy atom. The molecule has 44 heavy (non-hydrogen) atoms. The van der Waals surface area contributed by atoms with Crippen molar-refractivity contribution in [2.75, 3.05) is 12.5 Å². The second-order valence-electron chi connectivity index (χ2n) is 14.9. The van der Waals surface area contributed by atoms with Crippen LogP contribution in [0, 0.1) is 13.8 Å². The van der Waals surface area contributed by atoms with Crippen LogP contribution < -0.4 is 0 Å². The summed E-state index contributed by atoms with van der Waals surface area (Å²) in [6.07, 6.45) is 1.29. The molecule has 0 unspecified atom stereocenters. The highest BCUT2D eigenvalue weighted by atomic mass is 32.2. The Morgan fingerprint density at radius 3 is 1.05 bits per heavy atom. The summed E-state index contributed by atoms with van der Waals surface area (Å²) >= 11 is 0. The van der Waals surface area contributed by atoms with Crippen molar-refractivity contribution in [2.45, 2.75) is 128 Å². The van der Waals surface area contributed by atoms with Crippen molar-refractivity contribution in [2.24, 2.45) is 0 Å². The first kappa shape index (κ1) is 40.4. The Balaban J connectivity index is 0.000000440. The molecule has 0 aliphatic rings. The molecule has 0 spiro atoms. The van der Waals surface area contributed by atoms with Crippen molar-refractivity contribution < 1.29 is 25.7 Å². The molecule has 2 rings (SSSR count). The van der Waals surface area contributed by atoms with Gasteiger partial charge in [0.15, 0.2) is 36.3 Å². The number of hydrogen-bond acceptors (Lipinski definition) is 10. The fourth-order valence-electron chi connectivity index (χ4n) is 3.35. The minimum Gasteiger partial charge on any atom is -0.407 e. The molecule has 10 nitrogen and oxygen atoms in total. The van der Waals surface area contributed by atoms with E-state index in [2.05, 4.69) is 88.1 Å². The Morgan fingerprint density at radius 2 is 0.864 bits per heavy atom. The Kier molecular flexibility index (Phi) is 13.3. The van der Waals surface area contributed by atoms with E-state index in [1.165, 1.54) is 12.5 Å². The molecule has 0 bridgehead atoms. The van der Waals surface area contributed by atoms with Gasteiger partial charge in [-0.3, -0.25) is 0 Å². The Hall–Kier alpha value is -1.59. The normalized spacial score (nSPS) is 16.4.